The molecule has 1 atom stereocenters. The van der Waals surface area contributed by atoms with Crippen molar-refractivity contribution in [2.45, 2.75) is 11.8 Å². The molecular formula is C20H21F2N4O8PS. The molecule has 2 aromatic rings. The summed E-state index contributed by atoms with van der Waals surface area (Å²) >= 11 is -2.27. The zero-order valence-electron chi connectivity index (χ0n) is 18.5. The Bertz CT molecular complexity index is 1230. The van der Waals surface area contributed by atoms with E-state index in [1.54, 1.807) is 0 Å². The predicted octanol–water partition coefficient (Wildman–Crippen LogP) is 1.50. The molecule has 194 valence electrons. The zero-order chi connectivity index (χ0) is 27.2. The normalized spacial score (nSPS) is 12.8. The number of aliphatic carboxylic acids is 1. The van der Waals surface area contributed by atoms with Gasteiger partial charge in [-0.25, -0.2) is 8.78 Å². The van der Waals surface area contributed by atoms with Gasteiger partial charge in [-0.15, -0.1) is 0 Å². The van der Waals surface area contributed by atoms with Crippen LogP contribution in [0, 0.1) is 11.6 Å². The van der Waals surface area contributed by atoms with Crippen LogP contribution in [0.15, 0.2) is 51.9 Å². The fourth-order valence-corrected chi connectivity index (χ4v) is 4.96. The molecule has 0 aliphatic carbocycles. The van der Waals surface area contributed by atoms with Crippen molar-refractivity contribution >= 4 is 42.9 Å². The Morgan fingerprint density at radius 2 is 1.75 bits per heavy atom. The minimum Gasteiger partial charge on any atom is -0.593 e. The van der Waals surface area contributed by atoms with E-state index in [-0.39, 0.29) is 21.8 Å². The van der Waals surface area contributed by atoms with Crippen LogP contribution in [0.25, 0.3) is 6.08 Å². The number of hydrogen-bond acceptors (Lipinski definition) is 6. The van der Waals surface area contributed by atoms with Gasteiger partial charge in [0.25, 0.3) is 5.91 Å². The summed E-state index contributed by atoms with van der Waals surface area (Å²) in [7, 11) is -4.72. The average Bonchev–Trinajstić information content (AvgIpc) is 2.74. The minimum atomic E-state index is -4.72. The molecule has 0 saturated carbocycles. The summed E-state index contributed by atoms with van der Waals surface area (Å²) in [6, 6.07) is 6.50. The summed E-state index contributed by atoms with van der Waals surface area (Å²) in [4.78, 5) is 44.2. The lowest BCUT2D eigenvalue weighted by atomic mass is 10.1. The number of ether oxygens (including phenoxy) is 1. The highest BCUT2D eigenvalue weighted by molar-refractivity contribution is 7.89. The van der Waals surface area contributed by atoms with Gasteiger partial charge in [-0.05, 0) is 55.0 Å². The van der Waals surface area contributed by atoms with Crippen LogP contribution in [0.1, 0.15) is 12.5 Å². The number of carbonyl (C=O) groups excluding carboxylic acids is 1. The Morgan fingerprint density at radius 1 is 1.19 bits per heavy atom. The molecule has 0 saturated heterocycles. The van der Waals surface area contributed by atoms with Crippen molar-refractivity contribution < 1.29 is 47.1 Å². The molecule has 7 N–H and O–H groups in total. The maximum atomic E-state index is 14.5. The first-order valence-electron chi connectivity index (χ1n) is 9.68. The maximum Gasteiger partial charge on any atom is 0.344 e. The van der Waals surface area contributed by atoms with Gasteiger partial charge in [0.15, 0.2) is 28.2 Å². The number of guanidine groups is 1. The Morgan fingerprint density at radius 3 is 2.22 bits per heavy atom. The number of benzene rings is 2. The molecule has 2 aromatic carbocycles. The Balaban J connectivity index is 2.23. The van der Waals surface area contributed by atoms with E-state index in [2.05, 4.69) is 4.99 Å². The number of aliphatic imine (C=N–C) groups is 1. The van der Waals surface area contributed by atoms with Crippen LogP contribution in [0.2, 0.25) is 0 Å². The van der Waals surface area contributed by atoms with Gasteiger partial charge in [-0.3, -0.25) is 14.2 Å². The van der Waals surface area contributed by atoms with Crippen LogP contribution in [-0.2, 0) is 25.5 Å². The third-order valence-corrected chi connectivity index (χ3v) is 6.41. The third kappa shape index (κ3) is 8.71. The van der Waals surface area contributed by atoms with Crippen LogP contribution in [-0.4, -0.2) is 54.4 Å². The second-order valence-corrected chi connectivity index (χ2v) is 10.2. The summed E-state index contributed by atoms with van der Waals surface area (Å²) in [6.45, 7) is 0.433. The van der Waals surface area contributed by atoms with Crippen molar-refractivity contribution in [3.05, 3.63) is 59.2 Å². The monoisotopic (exact) mass is 546 g/mol. The Hall–Kier alpha value is -3.33. The highest BCUT2D eigenvalue weighted by atomic mass is 32.2. The van der Waals surface area contributed by atoms with Crippen molar-refractivity contribution in [1.82, 2.24) is 4.31 Å². The first-order valence-corrected chi connectivity index (χ1v) is 12.6. The fourth-order valence-electron chi connectivity index (χ4n) is 2.69. The van der Waals surface area contributed by atoms with E-state index < -0.39 is 67.0 Å². The van der Waals surface area contributed by atoms with E-state index in [0.717, 1.165) is 18.2 Å². The SMILES string of the molecule is C/C(=C\c1cc(F)c(Oc2ccc([S+]([O-])N(CC(=O)O)CP(=O)(O)O)cc2)c(F)c1)C(=O)N=C(N)N. The van der Waals surface area contributed by atoms with Crippen LogP contribution in [0.5, 0.6) is 11.5 Å². The molecule has 1 amide bonds. The fraction of sp³-hybridized carbons (Fsp3) is 0.150. The van der Waals surface area contributed by atoms with E-state index in [4.69, 9.17) is 31.1 Å². The van der Waals surface area contributed by atoms with Crippen molar-refractivity contribution in [3.8, 4) is 11.5 Å². The molecule has 2 rings (SSSR count). The number of nitrogens with zero attached hydrogens (tertiary/aromatic N) is 2. The van der Waals surface area contributed by atoms with Gasteiger partial charge in [-0.1, -0.05) is 4.31 Å². The summed E-state index contributed by atoms with van der Waals surface area (Å²) < 4.78 is 58.6. The van der Waals surface area contributed by atoms with Crippen LogP contribution >= 0.6 is 7.60 Å². The highest BCUT2D eigenvalue weighted by Gasteiger charge is 2.32. The quantitative estimate of drug-likeness (QED) is 0.0947. The first kappa shape index (κ1) is 28.9. The zero-order valence-corrected chi connectivity index (χ0v) is 20.2. The predicted molar refractivity (Wildman–Crippen MR) is 125 cm³/mol. The van der Waals surface area contributed by atoms with Gasteiger partial charge in [-0.2, -0.15) is 4.99 Å². The summed E-state index contributed by atoms with van der Waals surface area (Å²) in [5, 5.41) is 8.91. The third-order valence-electron chi connectivity index (χ3n) is 4.11. The number of carboxylic acids is 1. The van der Waals surface area contributed by atoms with Crippen LogP contribution < -0.4 is 16.2 Å². The maximum absolute atomic E-state index is 14.5. The first-order chi connectivity index (χ1) is 16.7. The number of halogens is 2. The van der Waals surface area contributed by atoms with Gasteiger partial charge < -0.3 is 35.7 Å². The van der Waals surface area contributed by atoms with Crippen molar-refractivity contribution in [1.29, 1.82) is 0 Å². The molecule has 1 unspecified atom stereocenters. The van der Waals surface area contributed by atoms with E-state index >= 15 is 0 Å². The lowest BCUT2D eigenvalue weighted by Gasteiger charge is -2.22. The largest absolute Gasteiger partial charge is 0.593 e. The Kier molecular flexibility index (Phi) is 9.69. The molecule has 36 heavy (non-hydrogen) atoms. The smallest absolute Gasteiger partial charge is 0.344 e. The van der Waals surface area contributed by atoms with Gasteiger partial charge >= 0.3 is 13.6 Å². The molecule has 0 aliphatic rings. The molecule has 0 spiro atoms. The molecule has 0 radical (unpaired) electrons. The molecule has 0 heterocycles. The molecule has 0 bridgehead atoms. The molecule has 0 aliphatic heterocycles. The van der Waals surface area contributed by atoms with E-state index in [0.29, 0.717) is 4.31 Å². The lowest BCUT2D eigenvalue weighted by Crippen LogP contribution is -2.36. The van der Waals surface area contributed by atoms with Crippen molar-refractivity contribution in [3.63, 3.8) is 0 Å². The number of hydrogen-bond donors (Lipinski definition) is 5. The summed E-state index contributed by atoms with van der Waals surface area (Å²) in [5.41, 5.74) is 10.2. The lowest BCUT2D eigenvalue weighted by molar-refractivity contribution is -0.137. The average molecular weight is 546 g/mol. The molecule has 12 nitrogen and oxygen atoms in total. The van der Waals surface area contributed by atoms with Gasteiger partial charge in [0.05, 0.1) is 11.4 Å². The number of carbonyl (C=O) groups is 2. The van der Waals surface area contributed by atoms with E-state index in [9.17, 15) is 27.5 Å². The number of amides is 1. The second kappa shape index (κ2) is 12.1. The summed E-state index contributed by atoms with van der Waals surface area (Å²) in [6.07, 6.45) is 0.0910. The summed E-state index contributed by atoms with van der Waals surface area (Å²) in [5.74, 6) is -5.80. The molecular weight excluding hydrogens is 525 g/mol. The molecule has 0 fully saturated rings. The second-order valence-electron chi connectivity index (χ2n) is 7.15. The van der Waals surface area contributed by atoms with Crippen LogP contribution in [0.3, 0.4) is 0 Å². The molecule has 16 heteroatoms. The topological polar surface area (TPSA) is 212 Å². The van der Waals surface area contributed by atoms with E-state index in [1.807, 2.05) is 0 Å². The molecule has 0 aromatic heterocycles. The van der Waals surface area contributed by atoms with Gasteiger partial charge in [0.2, 0.25) is 0 Å². The Labute approximate surface area is 206 Å². The van der Waals surface area contributed by atoms with E-state index in [1.165, 1.54) is 31.2 Å². The van der Waals surface area contributed by atoms with Crippen molar-refractivity contribution in [2.75, 3.05) is 12.8 Å². The van der Waals surface area contributed by atoms with Gasteiger partial charge in [0, 0.05) is 5.57 Å². The highest BCUT2D eigenvalue weighted by Crippen LogP contribution is 2.37. The number of carboxylic acid groups (broad SMARTS) is 1. The minimum absolute atomic E-state index is 0.00940. The van der Waals surface area contributed by atoms with Crippen molar-refractivity contribution in [2.24, 2.45) is 16.5 Å². The number of rotatable bonds is 10. The van der Waals surface area contributed by atoms with Crippen LogP contribution in [0.4, 0.5) is 8.78 Å². The standard InChI is InChI=1S/C20H21F2N4O8PS/c1-11(19(29)25-20(23)24)6-12-7-15(21)18(16(22)8-12)34-13-2-4-14(5-3-13)36(33)26(9-17(27)28)10-35(30,31)32/h2-8H,9-10H2,1H3,(H,27,28)(H2,30,31,32)(H4,23,24,25,29)/b11-6+. The van der Waals surface area contributed by atoms with Gasteiger partial charge in [0.1, 0.15) is 18.6 Å². The number of nitrogens with two attached hydrogens (primary N) is 2.